The minimum absolute atomic E-state index is 0.231. The predicted molar refractivity (Wildman–Crippen MR) is 129 cm³/mol. The molecule has 0 spiro atoms. The Hall–Kier alpha value is -3.90. The molecule has 0 radical (unpaired) electrons. The second-order valence-corrected chi connectivity index (χ2v) is 8.42. The van der Waals surface area contributed by atoms with E-state index in [0.29, 0.717) is 22.1 Å². The van der Waals surface area contributed by atoms with Crippen molar-refractivity contribution in [1.29, 1.82) is 0 Å². The van der Waals surface area contributed by atoms with Crippen LogP contribution in [0.15, 0.2) is 84.2 Å². The molecule has 5 nitrogen and oxygen atoms in total. The van der Waals surface area contributed by atoms with Crippen molar-refractivity contribution in [2.45, 2.75) is 12.8 Å². The Bertz CT molecular complexity index is 1280. The van der Waals surface area contributed by atoms with E-state index in [1.165, 1.54) is 11.3 Å². The van der Waals surface area contributed by atoms with E-state index in [-0.39, 0.29) is 12.5 Å². The molecule has 4 aromatic rings. The Morgan fingerprint density at radius 2 is 1.52 bits per heavy atom. The van der Waals surface area contributed by atoms with Gasteiger partial charge in [0.05, 0.1) is 12.5 Å². The maximum Gasteiger partial charge on any atom is 0.341 e. The number of thiophene rings is 1. The zero-order chi connectivity index (χ0) is 22.8. The number of rotatable bonds is 5. The number of carbonyl (C=O) groups excluding carboxylic acids is 2. The monoisotopic (exact) mass is 455 g/mol. The van der Waals surface area contributed by atoms with Gasteiger partial charge in [-0.2, -0.15) is 0 Å². The molecule has 0 saturated heterocycles. The van der Waals surface area contributed by atoms with E-state index < -0.39 is 11.9 Å². The van der Waals surface area contributed by atoms with Gasteiger partial charge in [-0.1, -0.05) is 66.7 Å². The Balaban J connectivity index is 1.55. The third-order valence-corrected chi connectivity index (χ3v) is 6.43. The fourth-order valence-electron chi connectivity index (χ4n) is 4.06. The maximum atomic E-state index is 13.7. The molecule has 5 rings (SSSR count). The fraction of sp³-hybridized carbons (Fsp3) is 0.111. The topological polar surface area (TPSA) is 64.6 Å². The van der Waals surface area contributed by atoms with Gasteiger partial charge >= 0.3 is 5.97 Å². The third kappa shape index (κ3) is 3.90. The first-order valence-corrected chi connectivity index (χ1v) is 11.6. The molecule has 164 valence electrons. The Labute approximate surface area is 195 Å². The molecule has 2 heterocycles. The van der Waals surface area contributed by atoms with Gasteiger partial charge in [0.25, 0.3) is 0 Å². The number of hydrogen-bond acceptors (Lipinski definition) is 5. The van der Waals surface area contributed by atoms with Gasteiger partial charge in [-0.3, -0.25) is 4.79 Å². The molecule has 1 N–H and O–H groups in total. The standard InChI is InChI=1S/C27H21NO4S/c1-2-31-27(30)24-20(17-10-4-3-5-11-17)16-33-26(24)28-25(29)23-18-12-6-8-14-21(18)32-22-15-9-7-13-19(22)23/h3-16,23H,2H2,1H3,(H,28,29). The number of amides is 1. The van der Waals surface area contributed by atoms with Gasteiger partial charge in [0.15, 0.2) is 0 Å². The van der Waals surface area contributed by atoms with Gasteiger partial charge in [0.1, 0.15) is 22.1 Å². The number of ether oxygens (including phenoxy) is 2. The van der Waals surface area contributed by atoms with Crippen molar-refractivity contribution in [3.8, 4) is 22.6 Å². The minimum Gasteiger partial charge on any atom is -0.462 e. The number of benzene rings is 3. The summed E-state index contributed by atoms with van der Waals surface area (Å²) in [6.07, 6.45) is 0. The largest absolute Gasteiger partial charge is 0.462 e. The first-order chi connectivity index (χ1) is 16.2. The van der Waals surface area contributed by atoms with Crippen LogP contribution in [0.1, 0.15) is 34.3 Å². The average molecular weight is 456 g/mol. The van der Waals surface area contributed by atoms with Gasteiger partial charge in [-0.15, -0.1) is 11.3 Å². The van der Waals surface area contributed by atoms with Crippen LogP contribution in [0.3, 0.4) is 0 Å². The molecule has 1 aromatic heterocycles. The van der Waals surface area contributed by atoms with E-state index in [1.54, 1.807) is 6.92 Å². The molecule has 0 unspecified atom stereocenters. The molecular formula is C27H21NO4S. The van der Waals surface area contributed by atoms with E-state index in [4.69, 9.17) is 9.47 Å². The van der Waals surface area contributed by atoms with Crippen molar-refractivity contribution >= 4 is 28.2 Å². The molecule has 0 aliphatic carbocycles. The number of hydrogen-bond donors (Lipinski definition) is 1. The fourth-order valence-corrected chi connectivity index (χ4v) is 5.02. The molecule has 33 heavy (non-hydrogen) atoms. The quantitative estimate of drug-likeness (QED) is 0.350. The first kappa shape index (κ1) is 21.0. The van der Waals surface area contributed by atoms with Crippen LogP contribution in [-0.4, -0.2) is 18.5 Å². The molecule has 6 heteroatoms. The van der Waals surface area contributed by atoms with Crippen LogP contribution in [-0.2, 0) is 9.53 Å². The van der Waals surface area contributed by atoms with Gasteiger partial charge in [0.2, 0.25) is 5.91 Å². The summed E-state index contributed by atoms with van der Waals surface area (Å²) in [6.45, 7) is 2.01. The van der Waals surface area contributed by atoms with Crippen molar-refractivity contribution in [2.24, 2.45) is 0 Å². The highest BCUT2D eigenvalue weighted by Crippen LogP contribution is 2.45. The molecule has 0 fully saturated rings. The minimum atomic E-state index is -0.566. The maximum absolute atomic E-state index is 13.7. The van der Waals surface area contributed by atoms with Crippen molar-refractivity contribution < 1.29 is 19.1 Å². The lowest BCUT2D eigenvalue weighted by molar-refractivity contribution is -0.116. The van der Waals surface area contributed by atoms with Crippen molar-refractivity contribution in [3.63, 3.8) is 0 Å². The van der Waals surface area contributed by atoms with E-state index in [0.717, 1.165) is 22.3 Å². The highest BCUT2D eigenvalue weighted by atomic mass is 32.1. The van der Waals surface area contributed by atoms with Gasteiger partial charge in [-0.05, 0) is 24.6 Å². The highest BCUT2D eigenvalue weighted by Gasteiger charge is 2.33. The molecular weight excluding hydrogens is 434 g/mol. The second-order valence-electron chi connectivity index (χ2n) is 7.54. The van der Waals surface area contributed by atoms with Crippen LogP contribution in [0.5, 0.6) is 11.5 Å². The number of fused-ring (bicyclic) bond motifs is 2. The molecule has 1 amide bonds. The van der Waals surface area contributed by atoms with Crippen LogP contribution in [0.25, 0.3) is 11.1 Å². The lowest BCUT2D eigenvalue weighted by atomic mass is 9.87. The van der Waals surface area contributed by atoms with E-state index in [9.17, 15) is 9.59 Å². The van der Waals surface area contributed by atoms with E-state index in [1.807, 2.05) is 84.2 Å². The number of anilines is 1. The molecule has 0 saturated carbocycles. The molecule has 0 bridgehead atoms. The predicted octanol–water partition coefficient (Wildman–Crippen LogP) is 6.47. The van der Waals surface area contributed by atoms with Crippen LogP contribution >= 0.6 is 11.3 Å². The lowest BCUT2D eigenvalue weighted by Gasteiger charge is -2.27. The number of carbonyl (C=O) groups is 2. The summed E-state index contributed by atoms with van der Waals surface area (Å²) >= 11 is 1.32. The van der Waals surface area contributed by atoms with Gasteiger partial charge in [0, 0.05) is 22.1 Å². The zero-order valence-corrected chi connectivity index (χ0v) is 18.7. The summed E-state index contributed by atoms with van der Waals surface area (Å²) in [5.74, 6) is 0.0469. The van der Waals surface area contributed by atoms with Crippen LogP contribution in [0, 0.1) is 0 Å². The molecule has 1 aliphatic rings. The van der Waals surface area contributed by atoms with Crippen LogP contribution in [0.2, 0.25) is 0 Å². The number of para-hydroxylation sites is 2. The zero-order valence-electron chi connectivity index (χ0n) is 17.9. The van der Waals surface area contributed by atoms with Crippen molar-refractivity contribution in [2.75, 3.05) is 11.9 Å². The summed E-state index contributed by atoms with van der Waals surface area (Å²) in [7, 11) is 0. The molecule has 3 aromatic carbocycles. The van der Waals surface area contributed by atoms with Gasteiger partial charge < -0.3 is 14.8 Å². The summed E-state index contributed by atoms with van der Waals surface area (Å²) in [5, 5.41) is 5.36. The van der Waals surface area contributed by atoms with Crippen molar-refractivity contribution in [3.05, 3.63) is 101 Å². The molecule has 1 aliphatic heterocycles. The summed E-state index contributed by atoms with van der Waals surface area (Å²) in [4.78, 5) is 26.5. The number of nitrogens with one attached hydrogen (secondary N) is 1. The summed E-state index contributed by atoms with van der Waals surface area (Å²) in [5.41, 5.74) is 3.56. The van der Waals surface area contributed by atoms with Gasteiger partial charge in [-0.25, -0.2) is 4.79 Å². The smallest absolute Gasteiger partial charge is 0.341 e. The van der Waals surface area contributed by atoms with E-state index in [2.05, 4.69) is 5.32 Å². The normalized spacial score (nSPS) is 12.3. The average Bonchev–Trinajstić information content (AvgIpc) is 3.26. The summed E-state index contributed by atoms with van der Waals surface area (Å²) < 4.78 is 11.3. The first-order valence-electron chi connectivity index (χ1n) is 10.7. The number of esters is 1. The van der Waals surface area contributed by atoms with E-state index >= 15 is 0 Å². The molecule has 0 atom stereocenters. The highest BCUT2D eigenvalue weighted by molar-refractivity contribution is 7.15. The van der Waals surface area contributed by atoms with Crippen LogP contribution in [0.4, 0.5) is 5.00 Å². The third-order valence-electron chi connectivity index (χ3n) is 5.53. The van der Waals surface area contributed by atoms with Crippen LogP contribution < -0.4 is 10.1 Å². The SMILES string of the molecule is CCOC(=O)c1c(-c2ccccc2)csc1NC(=O)C1c2ccccc2Oc2ccccc21. The lowest BCUT2D eigenvalue weighted by Crippen LogP contribution is -2.25. The van der Waals surface area contributed by atoms with Crippen molar-refractivity contribution in [1.82, 2.24) is 0 Å². The Morgan fingerprint density at radius 1 is 0.909 bits per heavy atom. The summed E-state index contributed by atoms with van der Waals surface area (Å²) in [6, 6.07) is 24.6. The Kier molecular flexibility index (Phi) is 5.67. The Morgan fingerprint density at radius 3 is 2.15 bits per heavy atom. The second kappa shape index (κ2) is 8.92.